The van der Waals surface area contributed by atoms with Crippen LogP contribution in [0.15, 0.2) is 24.3 Å². The largest absolute Gasteiger partial charge is 0.352 e. The van der Waals surface area contributed by atoms with E-state index >= 15 is 0 Å². The Morgan fingerprint density at radius 2 is 2.08 bits per heavy atom. The van der Waals surface area contributed by atoms with Gasteiger partial charge in [0.05, 0.1) is 5.92 Å². The van der Waals surface area contributed by atoms with Crippen LogP contribution < -0.4 is 16.0 Å². The van der Waals surface area contributed by atoms with Gasteiger partial charge in [0.2, 0.25) is 11.8 Å². The number of nitrogens with zero attached hydrogens (tertiary/aromatic N) is 1. The first kappa shape index (κ1) is 18.5. The van der Waals surface area contributed by atoms with Crippen molar-refractivity contribution < 1.29 is 9.59 Å². The number of hydrogen-bond acceptors (Lipinski definition) is 3. The maximum absolute atomic E-state index is 12.5. The van der Waals surface area contributed by atoms with Crippen molar-refractivity contribution in [1.29, 1.82) is 0 Å². The zero-order valence-corrected chi connectivity index (χ0v) is 14.9. The zero-order chi connectivity index (χ0) is 17.7. The maximum Gasteiger partial charge on any atom is 0.227 e. The molecule has 1 aliphatic rings. The van der Waals surface area contributed by atoms with Crippen molar-refractivity contribution >= 4 is 17.5 Å². The Kier molecular flexibility index (Phi) is 6.37. The van der Waals surface area contributed by atoms with Crippen LogP contribution in [-0.2, 0) is 16.0 Å². The number of nitrogens with one attached hydrogen (secondary N) is 1. The fourth-order valence-electron chi connectivity index (χ4n) is 3.29. The molecule has 1 saturated heterocycles. The second-order valence-corrected chi connectivity index (χ2v) is 6.96. The molecule has 0 spiro atoms. The topological polar surface area (TPSA) is 75.4 Å². The zero-order valence-electron chi connectivity index (χ0n) is 14.9. The average Bonchev–Trinajstić information content (AvgIpc) is 2.95. The van der Waals surface area contributed by atoms with Crippen LogP contribution in [0.1, 0.15) is 39.2 Å². The van der Waals surface area contributed by atoms with Crippen LogP contribution in [0.5, 0.6) is 0 Å². The number of benzene rings is 1. The third-order valence-electron chi connectivity index (χ3n) is 4.55. The van der Waals surface area contributed by atoms with E-state index in [1.165, 1.54) is 0 Å². The Morgan fingerprint density at radius 3 is 2.71 bits per heavy atom. The Hall–Kier alpha value is -1.88. The van der Waals surface area contributed by atoms with Crippen molar-refractivity contribution in [3.05, 3.63) is 29.8 Å². The molecule has 1 heterocycles. The molecule has 2 rings (SSSR count). The fraction of sp³-hybridized carbons (Fsp3) is 0.579. The van der Waals surface area contributed by atoms with Gasteiger partial charge in [0.1, 0.15) is 0 Å². The number of carbonyl (C=O) groups excluding carboxylic acids is 2. The summed E-state index contributed by atoms with van der Waals surface area (Å²) in [5, 5.41) is 3.02. The van der Waals surface area contributed by atoms with Crippen LogP contribution in [0.25, 0.3) is 0 Å². The van der Waals surface area contributed by atoms with Crippen LogP contribution in [-0.4, -0.2) is 30.9 Å². The predicted octanol–water partition coefficient (Wildman–Crippen LogP) is 2.09. The van der Waals surface area contributed by atoms with E-state index in [-0.39, 0.29) is 30.2 Å². The van der Waals surface area contributed by atoms with E-state index in [4.69, 9.17) is 5.73 Å². The molecule has 0 bridgehead atoms. The lowest BCUT2D eigenvalue weighted by atomic mass is 10.0. The van der Waals surface area contributed by atoms with Gasteiger partial charge in [0, 0.05) is 31.2 Å². The highest BCUT2D eigenvalue weighted by Crippen LogP contribution is 2.28. The third kappa shape index (κ3) is 4.35. The molecule has 1 aromatic rings. The SMILES string of the molecule is CCc1ccccc1N1CC(C(=O)NC(CN)CC(C)C)CC1=O. The van der Waals surface area contributed by atoms with Crippen LogP contribution in [0, 0.1) is 11.8 Å². The molecular formula is C19H29N3O2. The molecule has 3 N–H and O–H groups in total. The molecule has 2 unspecified atom stereocenters. The summed E-state index contributed by atoms with van der Waals surface area (Å²) < 4.78 is 0. The van der Waals surface area contributed by atoms with Gasteiger partial charge >= 0.3 is 0 Å². The first-order valence-electron chi connectivity index (χ1n) is 8.84. The van der Waals surface area contributed by atoms with E-state index < -0.39 is 0 Å². The van der Waals surface area contributed by atoms with E-state index in [9.17, 15) is 9.59 Å². The molecule has 2 amide bonds. The molecule has 0 aromatic heterocycles. The monoisotopic (exact) mass is 331 g/mol. The molecule has 0 saturated carbocycles. The first-order valence-corrected chi connectivity index (χ1v) is 8.84. The van der Waals surface area contributed by atoms with Crippen LogP contribution in [0.2, 0.25) is 0 Å². The summed E-state index contributed by atoms with van der Waals surface area (Å²) in [4.78, 5) is 26.7. The van der Waals surface area contributed by atoms with Crippen molar-refractivity contribution in [3.8, 4) is 0 Å². The minimum atomic E-state index is -0.302. The van der Waals surface area contributed by atoms with Gasteiger partial charge in [-0.15, -0.1) is 0 Å². The highest BCUT2D eigenvalue weighted by molar-refractivity contribution is 6.00. The van der Waals surface area contributed by atoms with E-state index in [2.05, 4.69) is 26.1 Å². The second kappa shape index (κ2) is 8.29. The smallest absolute Gasteiger partial charge is 0.227 e. The second-order valence-electron chi connectivity index (χ2n) is 6.96. The number of anilines is 1. The number of hydrogen-bond donors (Lipinski definition) is 2. The van der Waals surface area contributed by atoms with Gasteiger partial charge in [0.15, 0.2) is 0 Å². The summed E-state index contributed by atoms with van der Waals surface area (Å²) in [6.45, 7) is 7.16. The maximum atomic E-state index is 12.5. The van der Waals surface area contributed by atoms with E-state index in [0.29, 0.717) is 19.0 Å². The van der Waals surface area contributed by atoms with Crippen molar-refractivity contribution in [2.75, 3.05) is 18.0 Å². The molecule has 1 fully saturated rings. The van der Waals surface area contributed by atoms with Gasteiger partial charge < -0.3 is 16.0 Å². The lowest BCUT2D eigenvalue weighted by molar-refractivity contribution is -0.127. The van der Waals surface area contributed by atoms with Crippen LogP contribution >= 0.6 is 0 Å². The first-order chi connectivity index (χ1) is 11.5. The Labute approximate surface area is 144 Å². The highest BCUT2D eigenvalue weighted by Gasteiger charge is 2.36. The number of rotatable bonds is 7. The predicted molar refractivity (Wildman–Crippen MR) is 96.7 cm³/mol. The van der Waals surface area contributed by atoms with Crippen molar-refractivity contribution in [1.82, 2.24) is 5.32 Å². The number of amides is 2. The van der Waals surface area contributed by atoms with Crippen LogP contribution in [0.4, 0.5) is 5.69 Å². The molecule has 5 heteroatoms. The molecule has 0 aliphatic carbocycles. The molecule has 1 aromatic carbocycles. The summed E-state index contributed by atoms with van der Waals surface area (Å²) in [6, 6.07) is 7.87. The summed E-state index contributed by atoms with van der Waals surface area (Å²) in [5.74, 6) is 0.126. The summed E-state index contributed by atoms with van der Waals surface area (Å²) in [7, 11) is 0. The molecule has 5 nitrogen and oxygen atoms in total. The van der Waals surface area contributed by atoms with Gasteiger partial charge in [-0.1, -0.05) is 39.0 Å². The molecule has 1 aliphatic heterocycles. The number of carbonyl (C=O) groups is 2. The number of nitrogens with two attached hydrogens (primary N) is 1. The van der Waals surface area contributed by atoms with Gasteiger partial charge in [0.25, 0.3) is 0 Å². The summed E-state index contributed by atoms with van der Waals surface area (Å²) in [6.07, 6.45) is 1.98. The standard InChI is InChI=1S/C19H29N3O2/c1-4-14-7-5-6-8-17(14)22-12-15(10-18(22)23)19(24)21-16(11-20)9-13(2)3/h5-8,13,15-16H,4,9-12,20H2,1-3H3,(H,21,24). The number of aryl methyl sites for hydroxylation is 1. The average molecular weight is 331 g/mol. The summed E-state index contributed by atoms with van der Waals surface area (Å²) >= 11 is 0. The Balaban J connectivity index is 2.05. The lowest BCUT2D eigenvalue weighted by Crippen LogP contribution is -2.44. The fourth-order valence-corrected chi connectivity index (χ4v) is 3.29. The normalized spacial score (nSPS) is 19.0. The lowest BCUT2D eigenvalue weighted by Gasteiger charge is -2.22. The molecule has 24 heavy (non-hydrogen) atoms. The van der Waals surface area contributed by atoms with E-state index in [0.717, 1.165) is 24.1 Å². The van der Waals surface area contributed by atoms with E-state index in [1.54, 1.807) is 4.90 Å². The van der Waals surface area contributed by atoms with Gasteiger partial charge in [-0.3, -0.25) is 9.59 Å². The van der Waals surface area contributed by atoms with Crippen molar-refractivity contribution in [3.63, 3.8) is 0 Å². The van der Waals surface area contributed by atoms with Crippen molar-refractivity contribution in [2.24, 2.45) is 17.6 Å². The molecule has 2 atom stereocenters. The molecule has 0 radical (unpaired) electrons. The van der Waals surface area contributed by atoms with Gasteiger partial charge in [-0.25, -0.2) is 0 Å². The third-order valence-corrected chi connectivity index (χ3v) is 4.55. The quantitative estimate of drug-likeness (QED) is 0.803. The van der Waals surface area contributed by atoms with Crippen LogP contribution in [0.3, 0.4) is 0 Å². The summed E-state index contributed by atoms with van der Waals surface area (Å²) in [5.41, 5.74) is 7.82. The Morgan fingerprint density at radius 1 is 1.38 bits per heavy atom. The minimum Gasteiger partial charge on any atom is -0.352 e. The number of para-hydroxylation sites is 1. The molecular weight excluding hydrogens is 302 g/mol. The highest BCUT2D eigenvalue weighted by atomic mass is 16.2. The Bertz CT molecular complexity index is 586. The molecule has 132 valence electrons. The van der Waals surface area contributed by atoms with Gasteiger partial charge in [-0.2, -0.15) is 0 Å². The minimum absolute atomic E-state index is 0.0178. The van der Waals surface area contributed by atoms with Crippen molar-refractivity contribution in [2.45, 2.75) is 46.1 Å². The van der Waals surface area contributed by atoms with E-state index in [1.807, 2.05) is 24.3 Å². The van der Waals surface area contributed by atoms with Gasteiger partial charge in [-0.05, 0) is 30.4 Å².